The van der Waals surface area contributed by atoms with E-state index in [1.165, 1.54) is 23.3 Å². The lowest BCUT2D eigenvalue weighted by Gasteiger charge is -2.27. The van der Waals surface area contributed by atoms with Crippen molar-refractivity contribution in [3.05, 3.63) is 0 Å². The second kappa shape index (κ2) is 5.10. The van der Waals surface area contributed by atoms with E-state index in [-0.39, 0.29) is 0 Å². The highest BCUT2D eigenvalue weighted by atomic mass is 28.3. The van der Waals surface area contributed by atoms with Crippen LogP contribution in [-0.4, -0.2) is 36.9 Å². The molecule has 62 valence electrons. The Hall–Kier alpha value is 0.394. The molecule has 2 atom stereocenters. The molecule has 0 heterocycles. The fraction of sp³-hybridized carbons (Fsp3) is 1.00. The summed E-state index contributed by atoms with van der Waals surface area (Å²) in [6.45, 7) is 12.0. The van der Waals surface area contributed by atoms with Gasteiger partial charge in [-0.3, -0.25) is 0 Å². The minimum Gasteiger partial charge on any atom is -0.327 e. The van der Waals surface area contributed by atoms with Crippen LogP contribution >= 0.6 is 0 Å². The van der Waals surface area contributed by atoms with Crippen molar-refractivity contribution in [1.82, 2.24) is 4.57 Å². The lowest BCUT2D eigenvalue weighted by atomic mass is 10.7. The van der Waals surface area contributed by atoms with Gasteiger partial charge in [0.2, 0.25) is 0 Å². The van der Waals surface area contributed by atoms with Gasteiger partial charge in [-0.1, -0.05) is 32.5 Å². The van der Waals surface area contributed by atoms with E-state index >= 15 is 0 Å². The van der Waals surface area contributed by atoms with E-state index in [0.717, 1.165) is 5.16 Å². The van der Waals surface area contributed by atoms with Gasteiger partial charge < -0.3 is 4.57 Å². The lowest BCUT2D eigenvalue weighted by Crippen LogP contribution is -2.39. The number of hydrogen-bond donors (Lipinski definition) is 0. The molecular weight excluding hydrogens is 154 g/mol. The zero-order valence-electron chi connectivity index (χ0n) is 8.02. The van der Waals surface area contributed by atoms with Crippen LogP contribution in [0, 0.1) is 0 Å². The summed E-state index contributed by atoms with van der Waals surface area (Å²) >= 11 is 0. The van der Waals surface area contributed by atoms with Crippen LogP contribution in [0.3, 0.4) is 0 Å². The summed E-state index contributed by atoms with van der Waals surface area (Å²) in [7, 11) is 0.884. The van der Waals surface area contributed by atoms with E-state index in [2.05, 4.69) is 31.9 Å². The summed E-state index contributed by atoms with van der Waals surface area (Å²) in [4.78, 5) is 0. The molecule has 3 heteroatoms. The number of rotatable bonds is 4. The molecule has 0 rings (SSSR count). The van der Waals surface area contributed by atoms with Crippen LogP contribution in [0.1, 0.15) is 20.8 Å². The van der Waals surface area contributed by atoms with Gasteiger partial charge in [0.15, 0.2) is 0 Å². The summed E-state index contributed by atoms with van der Waals surface area (Å²) in [5, 5.41) is 1.06. The molecule has 0 aliphatic heterocycles. The van der Waals surface area contributed by atoms with Gasteiger partial charge in [-0.25, -0.2) is 0 Å². The summed E-state index contributed by atoms with van der Waals surface area (Å²) in [6.07, 6.45) is 0. The molecule has 0 fully saturated rings. The molecule has 0 N–H and O–H groups in total. The average Bonchev–Trinajstić information content (AvgIpc) is 1.90. The molecule has 10 heavy (non-hydrogen) atoms. The van der Waals surface area contributed by atoms with Gasteiger partial charge in [0, 0.05) is 10.2 Å². The Bertz CT molecular complexity index is 81.7. The molecular formula is C7H21NSi2. The molecule has 2 unspecified atom stereocenters. The van der Waals surface area contributed by atoms with Gasteiger partial charge in [-0.2, -0.15) is 0 Å². The van der Waals surface area contributed by atoms with Crippen molar-refractivity contribution >= 4 is 19.2 Å². The Kier molecular flexibility index (Phi) is 5.30. The van der Waals surface area contributed by atoms with Gasteiger partial charge >= 0.3 is 0 Å². The Labute approximate surface area is 69.9 Å². The zero-order valence-corrected chi connectivity index (χ0v) is 11.2. The second-order valence-electron chi connectivity index (χ2n) is 3.21. The molecule has 0 saturated heterocycles. The lowest BCUT2D eigenvalue weighted by molar-refractivity contribution is 0.478. The molecule has 0 aromatic carbocycles. The highest BCUT2D eigenvalue weighted by molar-refractivity contribution is 6.64. The molecule has 1 nitrogen and oxygen atoms in total. The second-order valence-corrected chi connectivity index (χ2v) is 9.91. The van der Waals surface area contributed by atoms with Gasteiger partial charge in [0.05, 0.1) is 0 Å². The first-order valence-corrected chi connectivity index (χ1v) is 7.86. The van der Waals surface area contributed by atoms with E-state index in [4.69, 9.17) is 0 Å². The number of hydrogen-bond acceptors (Lipinski definition) is 1. The maximum atomic E-state index is 2.66. The predicted octanol–water partition coefficient (Wildman–Crippen LogP) is 0.395. The Morgan fingerprint density at radius 1 is 1.40 bits per heavy atom. The molecule has 0 aliphatic carbocycles. The summed E-state index contributed by atoms with van der Waals surface area (Å²) < 4.78 is 2.66. The molecule has 0 saturated carbocycles. The van der Waals surface area contributed by atoms with Crippen molar-refractivity contribution in [2.75, 3.05) is 13.1 Å². The van der Waals surface area contributed by atoms with E-state index in [0.29, 0.717) is 0 Å². The number of nitrogens with zero attached hydrogens (tertiary/aromatic N) is 1. The van der Waals surface area contributed by atoms with Crippen LogP contribution < -0.4 is 0 Å². The minimum atomic E-state index is -0.495. The SMILES string of the molecule is CCN(CC)[SiH](C)C(C)[SiH3]. The van der Waals surface area contributed by atoms with E-state index in [9.17, 15) is 0 Å². The first kappa shape index (κ1) is 10.4. The Morgan fingerprint density at radius 2 is 1.80 bits per heavy atom. The van der Waals surface area contributed by atoms with Crippen LogP contribution in [-0.2, 0) is 0 Å². The molecule has 0 radical (unpaired) electrons. The summed E-state index contributed by atoms with van der Waals surface area (Å²) in [6, 6.07) is 0. The van der Waals surface area contributed by atoms with Crippen LogP contribution in [0.15, 0.2) is 0 Å². The maximum absolute atomic E-state index is 2.66. The molecule has 0 spiro atoms. The van der Waals surface area contributed by atoms with Crippen molar-refractivity contribution in [3.8, 4) is 0 Å². The highest BCUT2D eigenvalue weighted by Gasteiger charge is 2.14. The Morgan fingerprint density at radius 3 is 1.90 bits per heavy atom. The van der Waals surface area contributed by atoms with Crippen molar-refractivity contribution in [2.45, 2.75) is 32.5 Å². The fourth-order valence-electron chi connectivity index (χ4n) is 1.22. The van der Waals surface area contributed by atoms with Crippen LogP contribution in [0.2, 0.25) is 11.7 Å². The molecule has 0 amide bonds. The van der Waals surface area contributed by atoms with Crippen molar-refractivity contribution in [3.63, 3.8) is 0 Å². The van der Waals surface area contributed by atoms with Crippen LogP contribution in [0.4, 0.5) is 0 Å². The van der Waals surface area contributed by atoms with E-state index in [1.54, 1.807) is 0 Å². The van der Waals surface area contributed by atoms with E-state index < -0.39 is 8.96 Å². The predicted molar refractivity (Wildman–Crippen MR) is 55.3 cm³/mol. The third-order valence-corrected chi connectivity index (χ3v) is 9.06. The summed E-state index contributed by atoms with van der Waals surface area (Å²) in [5.41, 5.74) is 0. The van der Waals surface area contributed by atoms with Crippen molar-refractivity contribution in [2.24, 2.45) is 0 Å². The average molecular weight is 175 g/mol. The summed E-state index contributed by atoms with van der Waals surface area (Å²) in [5.74, 6) is 0. The molecule has 0 bridgehead atoms. The smallest absolute Gasteiger partial charge is 0.108 e. The minimum absolute atomic E-state index is 0.495. The molecule has 0 aliphatic rings. The zero-order chi connectivity index (χ0) is 8.15. The van der Waals surface area contributed by atoms with Gasteiger partial charge in [-0.15, -0.1) is 0 Å². The van der Waals surface area contributed by atoms with Gasteiger partial charge in [0.1, 0.15) is 8.96 Å². The third kappa shape index (κ3) is 2.99. The first-order valence-electron chi connectivity index (χ1n) is 4.37. The topological polar surface area (TPSA) is 3.24 Å². The Balaban J connectivity index is 3.76. The quantitative estimate of drug-likeness (QED) is 0.559. The third-order valence-electron chi connectivity index (χ3n) is 2.35. The molecule has 0 aromatic rings. The van der Waals surface area contributed by atoms with Crippen LogP contribution in [0.5, 0.6) is 0 Å². The standard InChI is InChI=1S/C7H21NSi2/c1-5-8(6-2)10(4)7(3)9/h7,10H,5-6H2,1-4,9H3. The molecule has 0 aromatic heterocycles. The first-order chi connectivity index (χ1) is 4.63. The largest absolute Gasteiger partial charge is 0.327 e. The normalized spacial score (nSPS) is 17.7. The monoisotopic (exact) mass is 175 g/mol. The van der Waals surface area contributed by atoms with Gasteiger partial charge in [0.25, 0.3) is 0 Å². The highest BCUT2D eigenvalue weighted by Crippen LogP contribution is 2.07. The fourth-order valence-corrected chi connectivity index (χ4v) is 4.48. The van der Waals surface area contributed by atoms with E-state index in [1.807, 2.05) is 0 Å². The van der Waals surface area contributed by atoms with Crippen molar-refractivity contribution in [1.29, 1.82) is 0 Å². The van der Waals surface area contributed by atoms with Gasteiger partial charge in [-0.05, 0) is 13.1 Å². The van der Waals surface area contributed by atoms with Crippen molar-refractivity contribution < 1.29 is 0 Å². The maximum Gasteiger partial charge on any atom is 0.108 e. The van der Waals surface area contributed by atoms with Crippen LogP contribution in [0.25, 0.3) is 0 Å².